The van der Waals surface area contributed by atoms with E-state index in [1.165, 1.54) is 15.3 Å². The summed E-state index contributed by atoms with van der Waals surface area (Å²) in [7, 11) is 0. The molecule has 118 valence electrons. The molecule has 1 aliphatic rings. The van der Waals surface area contributed by atoms with Crippen LogP contribution < -0.4 is 4.90 Å². The van der Waals surface area contributed by atoms with Gasteiger partial charge < -0.3 is 4.90 Å². The van der Waals surface area contributed by atoms with Gasteiger partial charge in [0.1, 0.15) is 0 Å². The standard InChI is InChI=1S/C18H20N4S/c1-12-11-17(21-20-13(12)2)22-9-7-14(8-10-22)18-19-15-5-3-4-6-16(15)23-18/h3-6,11,14H,7-10H2,1-2H3. The molecular weight excluding hydrogens is 304 g/mol. The fourth-order valence-corrected chi connectivity index (χ4v) is 4.24. The molecular formula is C18H20N4S. The molecule has 0 spiro atoms. The highest BCUT2D eigenvalue weighted by molar-refractivity contribution is 7.18. The van der Waals surface area contributed by atoms with Gasteiger partial charge in [0, 0.05) is 19.0 Å². The van der Waals surface area contributed by atoms with Crippen LogP contribution in [0.25, 0.3) is 10.2 Å². The molecule has 3 aromatic rings. The first-order valence-corrected chi connectivity index (χ1v) is 8.94. The van der Waals surface area contributed by atoms with Gasteiger partial charge in [-0.3, -0.25) is 0 Å². The number of hydrogen-bond donors (Lipinski definition) is 0. The lowest BCUT2D eigenvalue weighted by atomic mass is 9.97. The van der Waals surface area contributed by atoms with Gasteiger partial charge in [0.05, 0.1) is 20.9 Å². The molecule has 3 heterocycles. The number of benzene rings is 1. The van der Waals surface area contributed by atoms with Crippen LogP contribution in [0.5, 0.6) is 0 Å². The summed E-state index contributed by atoms with van der Waals surface area (Å²) < 4.78 is 1.30. The summed E-state index contributed by atoms with van der Waals surface area (Å²) in [4.78, 5) is 7.18. The molecule has 1 fully saturated rings. The molecule has 0 amide bonds. The van der Waals surface area contributed by atoms with Gasteiger partial charge in [-0.25, -0.2) is 4.98 Å². The molecule has 1 aliphatic heterocycles. The van der Waals surface area contributed by atoms with Crippen LogP contribution in [0.1, 0.15) is 35.0 Å². The van der Waals surface area contributed by atoms with Crippen molar-refractivity contribution in [3.05, 3.63) is 46.6 Å². The van der Waals surface area contributed by atoms with Gasteiger partial charge in [-0.2, -0.15) is 5.10 Å². The van der Waals surface area contributed by atoms with Crippen LogP contribution in [0.3, 0.4) is 0 Å². The van der Waals surface area contributed by atoms with Crippen molar-refractivity contribution in [3.8, 4) is 0 Å². The number of aryl methyl sites for hydroxylation is 2. The molecule has 0 unspecified atom stereocenters. The molecule has 23 heavy (non-hydrogen) atoms. The summed E-state index contributed by atoms with van der Waals surface area (Å²) >= 11 is 1.85. The molecule has 2 aromatic heterocycles. The fourth-order valence-electron chi connectivity index (χ4n) is 3.11. The molecule has 4 nitrogen and oxygen atoms in total. The number of piperidine rings is 1. The third-order valence-electron chi connectivity index (χ3n) is 4.70. The van der Waals surface area contributed by atoms with E-state index in [9.17, 15) is 0 Å². The summed E-state index contributed by atoms with van der Waals surface area (Å²) in [5.74, 6) is 1.58. The maximum absolute atomic E-state index is 4.83. The highest BCUT2D eigenvalue weighted by atomic mass is 32.1. The number of fused-ring (bicyclic) bond motifs is 1. The van der Waals surface area contributed by atoms with Crippen molar-refractivity contribution in [2.24, 2.45) is 0 Å². The van der Waals surface area contributed by atoms with Gasteiger partial charge in [0.2, 0.25) is 0 Å². The summed E-state index contributed by atoms with van der Waals surface area (Å²) in [6, 6.07) is 10.6. The van der Waals surface area contributed by atoms with Crippen molar-refractivity contribution in [2.45, 2.75) is 32.6 Å². The molecule has 0 aliphatic carbocycles. The molecule has 0 saturated carbocycles. The third kappa shape index (κ3) is 2.81. The SMILES string of the molecule is Cc1cc(N2CCC(c3nc4ccccc4s3)CC2)nnc1C. The molecule has 5 heteroatoms. The van der Waals surface area contributed by atoms with E-state index in [1.54, 1.807) is 0 Å². The van der Waals surface area contributed by atoms with Crippen molar-refractivity contribution < 1.29 is 0 Å². The monoisotopic (exact) mass is 324 g/mol. The Labute approximate surface area is 140 Å². The molecule has 0 bridgehead atoms. The van der Waals surface area contributed by atoms with Crippen LogP contribution in [0, 0.1) is 13.8 Å². The van der Waals surface area contributed by atoms with Gasteiger partial charge in [0.15, 0.2) is 5.82 Å². The van der Waals surface area contributed by atoms with E-state index in [4.69, 9.17) is 4.98 Å². The minimum absolute atomic E-state index is 0.572. The number of aromatic nitrogens is 3. The Morgan fingerprint density at radius 1 is 1.09 bits per heavy atom. The minimum Gasteiger partial charge on any atom is -0.355 e. The van der Waals surface area contributed by atoms with E-state index in [0.717, 1.165) is 43.0 Å². The Morgan fingerprint density at radius 2 is 1.87 bits per heavy atom. The van der Waals surface area contributed by atoms with Crippen molar-refractivity contribution >= 4 is 27.4 Å². The maximum Gasteiger partial charge on any atom is 0.151 e. The molecule has 0 N–H and O–H groups in total. The Hall–Kier alpha value is -2.01. The lowest BCUT2D eigenvalue weighted by Gasteiger charge is -2.31. The average molecular weight is 324 g/mol. The van der Waals surface area contributed by atoms with Crippen molar-refractivity contribution in [3.63, 3.8) is 0 Å². The zero-order valence-electron chi connectivity index (χ0n) is 13.5. The number of rotatable bonds is 2. The van der Waals surface area contributed by atoms with Gasteiger partial charge >= 0.3 is 0 Å². The van der Waals surface area contributed by atoms with Crippen molar-refractivity contribution in [2.75, 3.05) is 18.0 Å². The van der Waals surface area contributed by atoms with E-state index >= 15 is 0 Å². The van der Waals surface area contributed by atoms with E-state index in [-0.39, 0.29) is 0 Å². The molecule has 1 saturated heterocycles. The van der Waals surface area contributed by atoms with Crippen LogP contribution in [0.2, 0.25) is 0 Å². The van der Waals surface area contributed by atoms with E-state index in [2.05, 4.69) is 52.4 Å². The smallest absolute Gasteiger partial charge is 0.151 e. The van der Waals surface area contributed by atoms with Gasteiger partial charge in [-0.1, -0.05) is 12.1 Å². The van der Waals surface area contributed by atoms with Gasteiger partial charge in [-0.15, -0.1) is 16.4 Å². The quantitative estimate of drug-likeness (QED) is 0.712. The van der Waals surface area contributed by atoms with Crippen LogP contribution in [0.4, 0.5) is 5.82 Å². The number of thiazole rings is 1. The number of hydrogen-bond acceptors (Lipinski definition) is 5. The summed E-state index contributed by atoms with van der Waals surface area (Å²) in [6.45, 7) is 6.16. The third-order valence-corrected chi connectivity index (χ3v) is 5.90. The second-order valence-electron chi connectivity index (χ2n) is 6.25. The highest BCUT2D eigenvalue weighted by Gasteiger charge is 2.24. The number of para-hydroxylation sites is 1. The lowest BCUT2D eigenvalue weighted by Crippen LogP contribution is -2.33. The normalized spacial score (nSPS) is 16.2. The first-order valence-electron chi connectivity index (χ1n) is 8.12. The largest absolute Gasteiger partial charge is 0.355 e. The zero-order chi connectivity index (χ0) is 15.8. The number of anilines is 1. The second-order valence-corrected chi connectivity index (χ2v) is 7.31. The second kappa shape index (κ2) is 5.89. The Morgan fingerprint density at radius 3 is 2.61 bits per heavy atom. The fraction of sp³-hybridized carbons (Fsp3) is 0.389. The highest BCUT2D eigenvalue weighted by Crippen LogP contribution is 2.34. The predicted molar refractivity (Wildman–Crippen MR) is 95.3 cm³/mol. The maximum atomic E-state index is 4.83. The van der Waals surface area contributed by atoms with Crippen LogP contribution in [0.15, 0.2) is 30.3 Å². The Bertz CT molecular complexity index is 801. The van der Waals surface area contributed by atoms with Crippen LogP contribution in [-0.4, -0.2) is 28.3 Å². The zero-order valence-corrected chi connectivity index (χ0v) is 14.3. The van der Waals surface area contributed by atoms with Crippen molar-refractivity contribution in [1.29, 1.82) is 0 Å². The summed E-state index contributed by atoms with van der Waals surface area (Å²) in [5, 5.41) is 9.91. The molecule has 1 aromatic carbocycles. The first kappa shape index (κ1) is 14.6. The Kier molecular flexibility index (Phi) is 3.73. The molecule has 4 rings (SSSR count). The minimum atomic E-state index is 0.572. The Balaban J connectivity index is 1.49. The topological polar surface area (TPSA) is 41.9 Å². The molecule has 0 radical (unpaired) electrons. The van der Waals surface area contributed by atoms with E-state index in [1.807, 2.05) is 18.3 Å². The predicted octanol–water partition coefficient (Wildman–Crippen LogP) is 4.09. The summed E-state index contributed by atoms with van der Waals surface area (Å²) in [5.41, 5.74) is 3.36. The van der Waals surface area contributed by atoms with E-state index in [0.29, 0.717) is 5.92 Å². The van der Waals surface area contributed by atoms with Crippen molar-refractivity contribution in [1.82, 2.24) is 15.2 Å². The first-order chi connectivity index (χ1) is 11.2. The lowest BCUT2D eigenvalue weighted by molar-refractivity contribution is 0.500. The number of nitrogens with zero attached hydrogens (tertiary/aromatic N) is 4. The molecule has 0 atom stereocenters. The van der Waals surface area contributed by atoms with E-state index < -0.39 is 0 Å². The van der Waals surface area contributed by atoms with Gasteiger partial charge in [-0.05, 0) is 50.5 Å². The van der Waals surface area contributed by atoms with Crippen LogP contribution >= 0.6 is 11.3 Å². The van der Waals surface area contributed by atoms with Crippen LogP contribution in [-0.2, 0) is 0 Å². The average Bonchev–Trinajstić information content (AvgIpc) is 3.02. The summed E-state index contributed by atoms with van der Waals surface area (Å²) in [6.07, 6.45) is 2.27. The van der Waals surface area contributed by atoms with Gasteiger partial charge in [0.25, 0.3) is 0 Å².